The summed E-state index contributed by atoms with van der Waals surface area (Å²) in [4.78, 5) is 21.3. The number of hydrogen-bond acceptors (Lipinski definition) is 8. The van der Waals surface area contributed by atoms with E-state index in [1.54, 1.807) is 0 Å². The van der Waals surface area contributed by atoms with Gasteiger partial charge in [-0.05, 0) is 12.1 Å². The fourth-order valence-corrected chi connectivity index (χ4v) is 1.36. The molecule has 2 fully saturated rings. The number of ether oxygens (including phenoxy) is 4. The second kappa shape index (κ2) is 12.4. The molecule has 2 aliphatic rings. The molecule has 4 atom stereocenters. The van der Waals surface area contributed by atoms with Crippen LogP contribution in [0.4, 0.5) is 0 Å². The maximum Gasteiger partial charge on any atom is 0.290 e. The van der Waals surface area contributed by atoms with E-state index in [1.165, 1.54) is 14.2 Å². The number of methoxy groups -OCH3 is 2. The molecule has 2 N–H and O–H groups in total. The Hall–Kier alpha value is -0.0532. The van der Waals surface area contributed by atoms with Crippen molar-refractivity contribution in [3.05, 3.63) is 10.6 Å². The van der Waals surface area contributed by atoms with Crippen LogP contribution in [0.3, 0.4) is 0 Å². The maximum atomic E-state index is 10.7. The molecule has 134 valence electrons. The largest absolute Gasteiger partial charge is 0.599 e. The monoisotopic (exact) mass is 498 g/mol. The molecule has 2 rings (SSSR count). The predicted molar refractivity (Wildman–Crippen MR) is 62.2 cm³/mol. The number of esters is 2. The van der Waals surface area contributed by atoms with Crippen LogP contribution in [0.25, 0.3) is 10.6 Å². The Labute approximate surface area is 152 Å². The van der Waals surface area contributed by atoms with E-state index in [-0.39, 0.29) is 52.2 Å². The molecule has 0 aromatic heterocycles. The Morgan fingerprint density at radius 3 is 1.41 bits per heavy atom. The second-order valence-corrected chi connectivity index (χ2v) is 3.70. The minimum Gasteiger partial charge on any atom is -0.599 e. The molecule has 2 unspecified atom stereocenters. The molecule has 2 heterocycles. The van der Waals surface area contributed by atoms with Crippen LogP contribution in [-0.2, 0) is 67.5 Å². The first-order valence-electron chi connectivity index (χ1n) is 5.62. The quantitative estimate of drug-likeness (QED) is 0.344. The van der Waals surface area contributed by atoms with Crippen molar-refractivity contribution in [2.45, 2.75) is 24.9 Å². The van der Waals surface area contributed by atoms with Gasteiger partial charge in [-0.15, -0.1) is 0 Å². The zero-order chi connectivity index (χ0) is 15.1. The molecule has 0 saturated carbocycles. The summed E-state index contributed by atoms with van der Waals surface area (Å²) in [5.74, 6) is -0.951. The number of aliphatic hydroxyl groups excluding tert-OH is 2. The van der Waals surface area contributed by atoms with E-state index in [9.17, 15) is 9.59 Å². The van der Waals surface area contributed by atoms with Gasteiger partial charge in [-0.3, -0.25) is 9.59 Å². The van der Waals surface area contributed by atoms with Gasteiger partial charge in [0.25, 0.3) is 11.9 Å². The summed E-state index contributed by atoms with van der Waals surface area (Å²) in [5, 5.41) is 24.3. The molecule has 0 aromatic rings. The number of carbonyl (C=O) groups excluding carboxylic acids is 2. The van der Waals surface area contributed by atoms with Crippen LogP contribution >= 0.6 is 0 Å². The number of carbonyl (C=O) groups is 2. The van der Waals surface area contributed by atoms with Crippen molar-refractivity contribution in [2.24, 2.45) is 0 Å². The smallest absolute Gasteiger partial charge is 0.290 e. The number of nitrogens with zero attached hydrogens (tertiary/aromatic N) is 2. The molecule has 10 nitrogen and oxygen atoms in total. The van der Waals surface area contributed by atoms with E-state index >= 15 is 0 Å². The SMILES string of the molecule is COC(=O)[C@@H]1COC(O)[N-]1.COC(=O)[C@@H]1COC(O)[N-]1.[Rh].[Rh]. The van der Waals surface area contributed by atoms with Crippen LogP contribution in [0.2, 0.25) is 0 Å². The first-order valence-corrected chi connectivity index (χ1v) is 5.62. The molecule has 2 radical (unpaired) electrons. The van der Waals surface area contributed by atoms with Gasteiger partial charge in [-0.1, -0.05) is 0 Å². The van der Waals surface area contributed by atoms with Crippen molar-refractivity contribution in [2.75, 3.05) is 27.4 Å². The van der Waals surface area contributed by atoms with Crippen molar-refractivity contribution in [1.29, 1.82) is 0 Å². The average Bonchev–Trinajstić information content (AvgIpc) is 3.06. The van der Waals surface area contributed by atoms with Gasteiger partial charge >= 0.3 is 0 Å². The molecule has 0 aliphatic carbocycles. The van der Waals surface area contributed by atoms with E-state index in [0.29, 0.717) is 0 Å². The third-order valence-electron chi connectivity index (χ3n) is 2.37. The van der Waals surface area contributed by atoms with Crippen molar-refractivity contribution >= 4 is 11.9 Å². The topological polar surface area (TPSA) is 140 Å². The maximum absolute atomic E-state index is 10.7. The summed E-state index contributed by atoms with van der Waals surface area (Å²) >= 11 is 0. The minimum absolute atomic E-state index is 0. The molecular formula is C10H16N2O8Rh2-2. The summed E-state index contributed by atoms with van der Waals surface area (Å²) in [6.45, 7) is 0.210. The third-order valence-corrected chi connectivity index (χ3v) is 2.37. The Morgan fingerprint density at radius 1 is 0.909 bits per heavy atom. The molecule has 0 bridgehead atoms. The van der Waals surface area contributed by atoms with E-state index < -0.39 is 36.9 Å². The van der Waals surface area contributed by atoms with E-state index in [2.05, 4.69) is 29.6 Å². The number of aliphatic hydroxyl groups is 2. The summed E-state index contributed by atoms with van der Waals surface area (Å²) in [7, 11) is 2.53. The van der Waals surface area contributed by atoms with Crippen molar-refractivity contribution in [3.63, 3.8) is 0 Å². The molecule has 0 spiro atoms. The Balaban J connectivity index is 0. The molecular weight excluding hydrogens is 482 g/mol. The summed E-state index contributed by atoms with van der Waals surface area (Å²) in [5.41, 5.74) is 0. The third kappa shape index (κ3) is 7.98. The summed E-state index contributed by atoms with van der Waals surface area (Å²) < 4.78 is 17.9. The van der Waals surface area contributed by atoms with E-state index in [0.717, 1.165) is 0 Å². The molecule has 2 aliphatic heterocycles. The first kappa shape index (κ1) is 24.2. The standard InChI is InChI=1S/2C5H8NO4.2Rh/c2*1-9-4(7)3-2-10-5(8)6-3;;/h2*3,5,8H,2H2,1H3;;/q2*-1;;/t2*3-,5?;;/m00../s1. The van der Waals surface area contributed by atoms with Gasteiger partial charge < -0.3 is 39.8 Å². The van der Waals surface area contributed by atoms with Crippen molar-refractivity contribution in [1.82, 2.24) is 0 Å². The fourth-order valence-electron chi connectivity index (χ4n) is 1.36. The Kier molecular flexibility index (Phi) is 13.6. The zero-order valence-corrected chi connectivity index (χ0v) is 14.9. The summed E-state index contributed by atoms with van der Waals surface area (Å²) in [6.07, 6.45) is -2.33. The fraction of sp³-hybridized carbons (Fsp3) is 0.800. The van der Waals surface area contributed by atoms with Gasteiger partial charge in [0.05, 0.1) is 27.0 Å². The zero-order valence-electron chi connectivity index (χ0n) is 11.6. The molecule has 2 saturated heterocycles. The minimum atomic E-state index is -1.16. The Bertz CT molecular complexity index is 317. The van der Waals surface area contributed by atoms with Crippen LogP contribution in [0.15, 0.2) is 0 Å². The normalized spacial score (nSPS) is 29.3. The van der Waals surface area contributed by atoms with Gasteiger partial charge in [-0.25, -0.2) is 0 Å². The van der Waals surface area contributed by atoms with Crippen LogP contribution in [0.5, 0.6) is 0 Å². The molecule has 12 heteroatoms. The van der Waals surface area contributed by atoms with Gasteiger partial charge in [0.15, 0.2) is 0 Å². The van der Waals surface area contributed by atoms with Crippen LogP contribution in [0, 0.1) is 0 Å². The Morgan fingerprint density at radius 2 is 1.23 bits per heavy atom. The van der Waals surface area contributed by atoms with Crippen LogP contribution in [0.1, 0.15) is 0 Å². The molecule has 0 amide bonds. The van der Waals surface area contributed by atoms with Crippen molar-refractivity contribution < 1.29 is 77.7 Å². The van der Waals surface area contributed by atoms with Gasteiger partial charge in [0, 0.05) is 52.2 Å². The van der Waals surface area contributed by atoms with Crippen LogP contribution in [-0.4, -0.2) is 74.5 Å². The van der Waals surface area contributed by atoms with Gasteiger partial charge in [0.1, 0.15) is 0 Å². The van der Waals surface area contributed by atoms with Gasteiger partial charge in [0.2, 0.25) is 0 Å². The van der Waals surface area contributed by atoms with E-state index in [4.69, 9.17) is 10.2 Å². The van der Waals surface area contributed by atoms with Crippen molar-refractivity contribution in [3.8, 4) is 0 Å². The average molecular weight is 498 g/mol. The van der Waals surface area contributed by atoms with E-state index in [1.807, 2.05) is 0 Å². The number of hydrogen-bond donors (Lipinski definition) is 2. The summed E-state index contributed by atoms with van der Waals surface area (Å²) in [6, 6.07) is -1.31. The van der Waals surface area contributed by atoms with Crippen LogP contribution < -0.4 is 0 Å². The number of rotatable bonds is 2. The first-order chi connectivity index (χ1) is 9.47. The molecule has 22 heavy (non-hydrogen) atoms. The second-order valence-electron chi connectivity index (χ2n) is 3.70. The predicted octanol–water partition coefficient (Wildman–Crippen LogP) is -1.59. The van der Waals surface area contributed by atoms with Gasteiger partial charge in [-0.2, -0.15) is 0 Å². The molecule has 0 aromatic carbocycles.